The average Bonchev–Trinajstić information content (AvgIpc) is 2.76. The second-order valence-electron chi connectivity index (χ2n) is 7.22. The van der Waals surface area contributed by atoms with Crippen LogP contribution in [-0.4, -0.2) is 43.3 Å². The summed E-state index contributed by atoms with van der Waals surface area (Å²) in [6.45, 7) is 5.43. The zero-order valence-electron chi connectivity index (χ0n) is 18.4. The molecule has 0 heterocycles. The van der Waals surface area contributed by atoms with Gasteiger partial charge in [-0.2, -0.15) is 5.10 Å². The summed E-state index contributed by atoms with van der Waals surface area (Å²) in [5.41, 5.74) is 3.34. The Morgan fingerprint density at radius 2 is 1.79 bits per heavy atom. The minimum atomic E-state index is -0.833. The molecule has 10 heteroatoms. The Morgan fingerprint density at radius 3 is 2.39 bits per heavy atom. The number of esters is 1. The summed E-state index contributed by atoms with van der Waals surface area (Å²) in [5, 5.41) is 7.22. The predicted octanol–water partition coefficient (Wildman–Crippen LogP) is 3.84. The number of benzene rings is 2. The molecule has 2 aromatic carbocycles. The normalized spacial score (nSPS) is 11.8. The Morgan fingerprint density at radius 1 is 1.09 bits per heavy atom. The number of carbonyl (C=O) groups is 3. The molecule has 0 saturated carbocycles. The minimum absolute atomic E-state index is 0.180. The van der Waals surface area contributed by atoms with E-state index in [2.05, 4.69) is 15.8 Å². The summed E-state index contributed by atoms with van der Waals surface area (Å²) in [5.74, 6) is -1.13. The molecule has 2 aromatic rings. The summed E-state index contributed by atoms with van der Waals surface area (Å²) in [6, 6.07) is 10.4. The standard InChI is InChI=1S/C23H25Cl2N3O5/c1-4-32-20(29)13-33-17-8-5-15(6-9-17)12-26-28-23(31)21(14(2)3)27-22(30)18-10-7-16(24)11-19(18)25/h5-12,14,21H,4,13H2,1-3H3,(H,27,30)(H,28,31)/b26-12+. The van der Waals surface area contributed by atoms with Gasteiger partial charge in [0.2, 0.25) is 0 Å². The highest BCUT2D eigenvalue weighted by Crippen LogP contribution is 2.21. The molecule has 0 aliphatic rings. The van der Waals surface area contributed by atoms with Crippen molar-refractivity contribution < 1.29 is 23.9 Å². The van der Waals surface area contributed by atoms with Gasteiger partial charge in [-0.15, -0.1) is 0 Å². The summed E-state index contributed by atoms with van der Waals surface area (Å²) in [6.07, 6.45) is 1.45. The predicted molar refractivity (Wildman–Crippen MR) is 127 cm³/mol. The Kier molecular flexibility index (Phi) is 10.2. The number of rotatable bonds is 10. The molecule has 2 N–H and O–H groups in total. The van der Waals surface area contributed by atoms with E-state index >= 15 is 0 Å². The van der Waals surface area contributed by atoms with Gasteiger partial charge in [-0.3, -0.25) is 9.59 Å². The Labute approximate surface area is 202 Å². The maximum absolute atomic E-state index is 12.6. The molecular weight excluding hydrogens is 469 g/mol. The lowest BCUT2D eigenvalue weighted by molar-refractivity contribution is -0.145. The third kappa shape index (κ3) is 8.40. The molecule has 0 bridgehead atoms. The van der Waals surface area contributed by atoms with Gasteiger partial charge in [0.15, 0.2) is 6.61 Å². The number of carbonyl (C=O) groups excluding carboxylic acids is 3. The lowest BCUT2D eigenvalue weighted by Crippen LogP contribution is -2.48. The Hall–Kier alpha value is -3.10. The van der Waals surface area contributed by atoms with Gasteiger partial charge in [-0.05, 0) is 60.9 Å². The van der Waals surface area contributed by atoms with Gasteiger partial charge < -0.3 is 14.8 Å². The fraction of sp³-hybridized carbons (Fsp3) is 0.304. The van der Waals surface area contributed by atoms with Crippen LogP contribution in [-0.2, 0) is 14.3 Å². The second-order valence-corrected chi connectivity index (χ2v) is 8.06. The van der Waals surface area contributed by atoms with Crippen LogP contribution >= 0.6 is 23.2 Å². The van der Waals surface area contributed by atoms with Crippen molar-refractivity contribution in [2.45, 2.75) is 26.8 Å². The van der Waals surface area contributed by atoms with Gasteiger partial charge in [0.25, 0.3) is 11.8 Å². The molecule has 2 amide bonds. The van der Waals surface area contributed by atoms with Crippen molar-refractivity contribution in [1.29, 1.82) is 0 Å². The van der Waals surface area contributed by atoms with E-state index in [0.29, 0.717) is 22.9 Å². The molecule has 0 spiro atoms. The summed E-state index contributed by atoms with van der Waals surface area (Å²) < 4.78 is 10.1. The molecule has 33 heavy (non-hydrogen) atoms. The van der Waals surface area contributed by atoms with Crippen LogP contribution in [0.3, 0.4) is 0 Å². The molecule has 176 valence electrons. The van der Waals surface area contributed by atoms with Crippen molar-refractivity contribution in [2.75, 3.05) is 13.2 Å². The fourth-order valence-corrected chi connectivity index (χ4v) is 3.16. The van der Waals surface area contributed by atoms with Crippen molar-refractivity contribution in [2.24, 2.45) is 11.0 Å². The van der Waals surface area contributed by atoms with Gasteiger partial charge in [0.05, 0.1) is 23.4 Å². The van der Waals surface area contributed by atoms with Crippen LogP contribution in [0.5, 0.6) is 5.75 Å². The smallest absolute Gasteiger partial charge is 0.344 e. The summed E-state index contributed by atoms with van der Waals surface area (Å²) >= 11 is 11.9. The summed E-state index contributed by atoms with van der Waals surface area (Å²) in [7, 11) is 0. The van der Waals surface area contributed by atoms with Crippen LogP contribution in [0.1, 0.15) is 36.7 Å². The molecule has 2 rings (SSSR count). The van der Waals surface area contributed by atoms with Gasteiger partial charge >= 0.3 is 5.97 Å². The first-order chi connectivity index (χ1) is 15.7. The molecule has 0 radical (unpaired) electrons. The van der Waals surface area contributed by atoms with E-state index in [1.807, 2.05) is 0 Å². The third-order valence-corrected chi connectivity index (χ3v) is 4.89. The monoisotopic (exact) mass is 493 g/mol. The highest BCUT2D eigenvalue weighted by Gasteiger charge is 2.25. The molecule has 0 aliphatic heterocycles. The quantitative estimate of drug-likeness (QED) is 0.297. The second kappa shape index (κ2) is 12.8. The van der Waals surface area contributed by atoms with Crippen LogP contribution in [0.4, 0.5) is 0 Å². The Balaban J connectivity index is 1.93. The molecular formula is C23H25Cl2N3O5. The molecule has 8 nitrogen and oxygen atoms in total. The van der Waals surface area contributed by atoms with Crippen LogP contribution in [0.2, 0.25) is 10.0 Å². The zero-order chi connectivity index (χ0) is 24.4. The maximum atomic E-state index is 12.6. The van der Waals surface area contributed by atoms with E-state index in [-0.39, 0.29) is 23.1 Å². The Bertz CT molecular complexity index is 1010. The van der Waals surface area contributed by atoms with E-state index in [4.69, 9.17) is 32.7 Å². The number of ether oxygens (including phenoxy) is 2. The number of nitrogens with zero attached hydrogens (tertiary/aromatic N) is 1. The molecule has 1 unspecified atom stereocenters. The van der Waals surface area contributed by atoms with Crippen molar-refractivity contribution in [1.82, 2.24) is 10.7 Å². The first-order valence-electron chi connectivity index (χ1n) is 10.2. The van der Waals surface area contributed by atoms with E-state index in [9.17, 15) is 14.4 Å². The lowest BCUT2D eigenvalue weighted by Gasteiger charge is -2.20. The van der Waals surface area contributed by atoms with Crippen LogP contribution in [0, 0.1) is 5.92 Å². The molecule has 0 fully saturated rings. The van der Waals surface area contributed by atoms with Gasteiger partial charge in [0.1, 0.15) is 11.8 Å². The van der Waals surface area contributed by atoms with Crippen molar-refractivity contribution in [3.8, 4) is 5.75 Å². The van der Waals surface area contributed by atoms with Crippen LogP contribution in [0.25, 0.3) is 0 Å². The minimum Gasteiger partial charge on any atom is -0.482 e. The van der Waals surface area contributed by atoms with Crippen LogP contribution in [0.15, 0.2) is 47.6 Å². The highest BCUT2D eigenvalue weighted by molar-refractivity contribution is 6.36. The fourth-order valence-electron chi connectivity index (χ4n) is 2.66. The molecule has 0 saturated heterocycles. The first kappa shape index (κ1) is 26.2. The maximum Gasteiger partial charge on any atom is 0.344 e. The van der Waals surface area contributed by atoms with E-state index in [1.54, 1.807) is 51.1 Å². The SMILES string of the molecule is CCOC(=O)COc1ccc(/C=N/NC(=O)C(NC(=O)c2ccc(Cl)cc2Cl)C(C)C)cc1. The van der Waals surface area contributed by atoms with E-state index in [1.165, 1.54) is 18.3 Å². The topological polar surface area (TPSA) is 106 Å². The van der Waals surface area contributed by atoms with Gasteiger partial charge in [-0.1, -0.05) is 37.0 Å². The number of nitrogens with one attached hydrogen (secondary N) is 2. The van der Waals surface area contributed by atoms with Gasteiger partial charge in [0, 0.05) is 5.02 Å². The van der Waals surface area contributed by atoms with E-state index in [0.717, 1.165) is 0 Å². The number of hydrazone groups is 1. The average molecular weight is 494 g/mol. The zero-order valence-corrected chi connectivity index (χ0v) is 19.9. The molecule has 1 atom stereocenters. The lowest BCUT2D eigenvalue weighted by atomic mass is 10.0. The van der Waals surface area contributed by atoms with Crippen molar-refractivity contribution in [3.63, 3.8) is 0 Å². The number of amides is 2. The highest BCUT2D eigenvalue weighted by atomic mass is 35.5. The number of hydrogen-bond acceptors (Lipinski definition) is 6. The summed E-state index contributed by atoms with van der Waals surface area (Å²) in [4.78, 5) is 36.5. The largest absolute Gasteiger partial charge is 0.482 e. The van der Waals surface area contributed by atoms with Gasteiger partial charge in [-0.25, -0.2) is 10.2 Å². The van der Waals surface area contributed by atoms with Crippen molar-refractivity contribution in [3.05, 3.63) is 63.6 Å². The van der Waals surface area contributed by atoms with E-state index < -0.39 is 23.8 Å². The number of halogens is 2. The molecule has 0 aliphatic carbocycles. The first-order valence-corrected chi connectivity index (χ1v) is 10.9. The molecule has 0 aromatic heterocycles. The third-order valence-electron chi connectivity index (χ3n) is 4.34. The number of hydrogen-bond donors (Lipinski definition) is 2. The van der Waals surface area contributed by atoms with Crippen LogP contribution < -0.4 is 15.5 Å². The van der Waals surface area contributed by atoms with Crippen molar-refractivity contribution >= 4 is 47.2 Å².